The van der Waals surface area contributed by atoms with Crippen molar-refractivity contribution in [2.75, 3.05) is 11.0 Å². The molecule has 0 bridgehead atoms. The summed E-state index contributed by atoms with van der Waals surface area (Å²) in [6.45, 7) is 3.49. The highest BCUT2D eigenvalue weighted by atomic mass is 32.2. The Kier molecular flexibility index (Phi) is 6.32. The molecule has 0 heterocycles. The first kappa shape index (κ1) is 18.7. The quantitative estimate of drug-likeness (QED) is 0.651. The van der Waals surface area contributed by atoms with Crippen LogP contribution in [-0.2, 0) is 14.8 Å². The van der Waals surface area contributed by atoms with Gasteiger partial charge in [-0.05, 0) is 32.4 Å². The molecule has 8 heteroatoms. The number of carbonyl (C=O) groups excluding carboxylic acids is 1. The minimum atomic E-state index is -3.56. The van der Waals surface area contributed by atoms with Crippen LogP contribution in [0.2, 0.25) is 0 Å². The fourth-order valence-corrected chi connectivity index (χ4v) is 2.44. The Balaban J connectivity index is 3.10. The number of nitrogens with one attached hydrogen (secondary N) is 2. The number of aryl methyl sites for hydroxylation is 1. The van der Waals surface area contributed by atoms with Crippen LogP contribution in [0.1, 0.15) is 29.3 Å². The van der Waals surface area contributed by atoms with Crippen LogP contribution in [0, 0.1) is 6.92 Å². The fraction of sp³-hybridized carbons (Fsp3) is 0.333. The van der Waals surface area contributed by atoms with Crippen molar-refractivity contribution in [3.63, 3.8) is 0 Å². The van der Waals surface area contributed by atoms with Crippen molar-refractivity contribution in [2.24, 2.45) is 0 Å². The van der Waals surface area contributed by atoms with Gasteiger partial charge in [-0.2, -0.15) is 0 Å². The molecule has 7 nitrogen and oxygen atoms in total. The summed E-state index contributed by atoms with van der Waals surface area (Å²) in [6.07, 6.45) is 4.43. The van der Waals surface area contributed by atoms with Gasteiger partial charge in [-0.1, -0.05) is 23.8 Å². The van der Waals surface area contributed by atoms with Crippen molar-refractivity contribution < 1.29 is 23.1 Å². The molecule has 23 heavy (non-hydrogen) atoms. The van der Waals surface area contributed by atoms with E-state index in [-0.39, 0.29) is 17.7 Å². The molecule has 0 aliphatic heterocycles. The van der Waals surface area contributed by atoms with Gasteiger partial charge >= 0.3 is 5.97 Å². The lowest BCUT2D eigenvalue weighted by Crippen LogP contribution is -2.40. The second kappa shape index (κ2) is 7.77. The number of anilines is 1. The van der Waals surface area contributed by atoms with Crippen LogP contribution in [0.5, 0.6) is 0 Å². The molecule has 3 N–H and O–H groups in total. The highest BCUT2D eigenvalue weighted by Gasteiger charge is 2.21. The molecule has 1 aromatic rings. The first-order valence-electron chi connectivity index (χ1n) is 6.87. The second-order valence-corrected chi connectivity index (χ2v) is 6.84. The van der Waals surface area contributed by atoms with Gasteiger partial charge in [0.05, 0.1) is 17.5 Å². The minimum absolute atomic E-state index is 0.0714. The summed E-state index contributed by atoms with van der Waals surface area (Å²) >= 11 is 0. The lowest BCUT2D eigenvalue weighted by atomic mass is 10.1. The van der Waals surface area contributed by atoms with Gasteiger partial charge in [0, 0.05) is 0 Å². The van der Waals surface area contributed by atoms with Gasteiger partial charge in [0.2, 0.25) is 10.0 Å². The van der Waals surface area contributed by atoms with E-state index in [2.05, 4.69) is 10.0 Å². The molecule has 0 aromatic heterocycles. The van der Waals surface area contributed by atoms with Gasteiger partial charge in [-0.3, -0.25) is 9.52 Å². The summed E-state index contributed by atoms with van der Waals surface area (Å²) in [5.74, 6) is -1.82. The van der Waals surface area contributed by atoms with E-state index in [4.69, 9.17) is 5.11 Å². The largest absolute Gasteiger partial charge is 0.480 e. The van der Waals surface area contributed by atoms with Crippen molar-refractivity contribution in [3.05, 3.63) is 41.5 Å². The SMILES string of the molecule is C/C=C/CC(NC(=O)c1cc(C)ccc1NS(C)(=O)=O)C(=O)O. The first-order chi connectivity index (χ1) is 10.6. The predicted octanol–water partition coefficient (Wildman–Crippen LogP) is 1.52. The fourth-order valence-electron chi connectivity index (χ4n) is 1.86. The van der Waals surface area contributed by atoms with Gasteiger partial charge in [-0.25, -0.2) is 13.2 Å². The predicted molar refractivity (Wildman–Crippen MR) is 88.0 cm³/mol. The summed E-state index contributed by atoms with van der Waals surface area (Å²) in [5.41, 5.74) is 0.919. The third kappa shape index (κ3) is 6.11. The normalized spacial score (nSPS) is 12.8. The van der Waals surface area contributed by atoms with Gasteiger partial charge < -0.3 is 10.4 Å². The van der Waals surface area contributed by atoms with Crippen LogP contribution in [0.3, 0.4) is 0 Å². The summed E-state index contributed by atoms with van der Waals surface area (Å²) in [6, 6.07) is 3.52. The molecule has 0 spiro atoms. The monoisotopic (exact) mass is 340 g/mol. The molecule has 1 unspecified atom stereocenters. The molecular weight excluding hydrogens is 320 g/mol. The Morgan fingerprint density at radius 2 is 2.00 bits per heavy atom. The van der Waals surface area contributed by atoms with Crippen LogP contribution < -0.4 is 10.0 Å². The van der Waals surface area contributed by atoms with Crippen LogP contribution in [0.15, 0.2) is 30.4 Å². The Morgan fingerprint density at radius 3 is 2.52 bits per heavy atom. The number of allylic oxidation sites excluding steroid dienone is 1. The summed E-state index contributed by atoms with van der Waals surface area (Å²) in [4.78, 5) is 23.5. The standard InChI is InChI=1S/C15H20N2O5S/c1-4-5-6-13(15(19)20)16-14(18)11-9-10(2)7-8-12(11)17-23(3,21)22/h4-5,7-9,13,17H,6H2,1-3H3,(H,16,18)(H,19,20)/b5-4+. The van der Waals surface area contributed by atoms with Gasteiger partial charge in [0.15, 0.2) is 0 Å². The van der Waals surface area contributed by atoms with Crippen molar-refractivity contribution in [2.45, 2.75) is 26.3 Å². The number of hydrogen-bond donors (Lipinski definition) is 3. The zero-order valence-electron chi connectivity index (χ0n) is 13.2. The zero-order chi connectivity index (χ0) is 17.6. The molecule has 1 aromatic carbocycles. The van der Waals surface area contributed by atoms with Crippen molar-refractivity contribution in [1.29, 1.82) is 0 Å². The maximum atomic E-state index is 12.3. The smallest absolute Gasteiger partial charge is 0.326 e. The molecule has 126 valence electrons. The molecule has 0 saturated heterocycles. The number of benzene rings is 1. The number of hydrogen-bond acceptors (Lipinski definition) is 4. The van der Waals surface area contributed by atoms with Crippen LogP contribution in [0.4, 0.5) is 5.69 Å². The highest BCUT2D eigenvalue weighted by molar-refractivity contribution is 7.92. The van der Waals surface area contributed by atoms with E-state index >= 15 is 0 Å². The molecule has 0 radical (unpaired) electrons. The molecule has 0 saturated carbocycles. The number of aliphatic carboxylic acids is 1. The zero-order valence-corrected chi connectivity index (χ0v) is 14.0. The molecule has 1 atom stereocenters. The number of carboxylic acids is 1. The van der Waals surface area contributed by atoms with Gasteiger partial charge in [0.25, 0.3) is 5.91 Å². The molecule has 0 aliphatic carbocycles. The van der Waals surface area contributed by atoms with E-state index in [1.54, 1.807) is 32.1 Å². The topological polar surface area (TPSA) is 113 Å². The number of sulfonamides is 1. The summed E-state index contributed by atoms with van der Waals surface area (Å²) < 4.78 is 25.0. The van der Waals surface area contributed by atoms with Crippen LogP contribution in [0.25, 0.3) is 0 Å². The van der Waals surface area contributed by atoms with E-state index in [9.17, 15) is 18.0 Å². The van der Waals surface area contributed by atoms with Crippen molar-refractivity contribution >= 4 is 27.6 Å². The third-order valence-electron chi connectivity index (χ3n) is 2.93. The maximum Gasteiger partial charge on any atom is 0.326 e. The molecule has 1 rings (SSSR count). The third-order valence-corrected chi connectivity index (χ3v) is 3.52. The molecular formula is C15H20N2O5S. The first-order valence-corrected chi connectivity index (χ1v) is 8.76. The molecule has 1 amide bonds. The van der Waals surface area contributed by atoms with Crippen molar-refractivity contribution in [1.82, 2.24) is 5.32 Å². The molecule has 0 aliphatic rings. The van der Waals surface area contributed by atoms with Crippen LogP contribution in [-0.4, -0.2) is 37.7 Å². The number of amides is 1. The van der Waals surface area contributed by atoms with E-state index in [1.165, 1.54) is 12.1 Å². The van der Waals surface area contributed by atoms with Crippen LogP contribution >= 0.6 is 0 Å². The Morgan fingerprint density at radius 1 is 1.35 bits per heavy atom. The number of carboxylic acid groups (broad SMARTS) is 1. The Labute approximate surface area is 135 Å². The molecule has 0 fully saturated rings. The number of rotatable bonds is 7. The van der Waals surface area contributed by atoms with E-state index in [0.29, 0.717) is 0 Å². The van der Waals surface area contributed by atoms with E-state index in [0.717, 1.165) is 11.8 Å². The lowest BCUT2D eigenvalue weighted by molar-refractivity contribution is -0.139. The van der Waals surface area contributed by atoms with E-state index in [1.807, 2.05) is 0 Å². The van der Waals surface area contributed by atoms with Gasteiger partial charge in [0.1, 0.15) is 6.04 Å². The summed E-state index contributed by atoms with van der Waals surface area (Å²) in [5, 5.41) is 11.5. The van der Waals surface area contributed by atoms with E-state index < -0.39 is 27.9 Å². The minimum Gasteiger partial charge on any atom is -0.480 e. The van der Waals surface area contributed by atoms with Crippen molar-refractivity contribution in [3.8, 4) is 0 Å². The average molecular weight is 340 g/mol. The summed E-state index contributed by atoms with van der Waals surface area (Å²) in [7, 11) is -3.56. The maximum absolute atomic E-state index is 12.3. The highest BCUT2D eigenvalue weighted by Crippen LogP contribution is 2.19. The Hall–Kier alpha value is -2.35. The Bertz CT molecular complexity index is 725. The lowest BCUT2D eigenvalue weighted by Gasteiger charge is -2.15. The second-order valence-electron chi connectivity index (χ2n) is 5.09. The van der Waals surface area contributed by atoms with Gasteiger partial charge in [-0.15, -0.1) is 0 Å². The average Bonchev–Trinajstić information content (AvgIpc) is 2.43. The number of carbonyl (C=O) groups is 2.